The van der Waals surface area contributed by atoms with Crippen molar-refractivity contribution in [1.82, 2.24) is 20.3 Å². The summed E-state index contributed by atoms with van der Waals surface area (Å²) in [7, 11) is -0.570. The lowest BCUT2D eigenvalue weighted by Crippen LogP contribution is -2.33. The minimum Gasteiger partial charge on any atom is -0.480 e. The van der Waals surface area contributed by atoms with Gasteiger partial charge in [-0.1, -0.05) is 23.7 Å². The largest absolute Gasteiger partial charge is 0.480 e. The van der Waals surface area contributed by atoms with Crippen LogP contribution in [0, 0.1) is 0 Å². The summed E-state index contributed by atoms with van der Waals surface area (Å²) in [6.07, 6.45) is 5.81. The maximum absolute atomic E-state index is 12.9. The highest BCUT2D eigenvalue weighted by Gasteiger charge is 2.21. The average molecular weight is 582 g/mol. The van der Waals surface area contributed by atoms with Gasteiger partial charge in [-0.25, -0.2) is 18.4 Å². The summed E-state index contributed by atoms with van der Waals surface area (Å²) < 4.78 is 33.9. The highest BCUT2D eigenvalue weighted by atomic mass is 35.5. The highest BCUT2D eigenvalue weighted by Crippen LogP contribution is 2.34. The summed E-state index contributed by atoms with van der Waals surface area (Å²) in [4.78, 5) is 13.8. The van der Waals surface area contributed by atoms with Crippen LogP contribution in [0.4, 0.5) is 11.8 Å². The van der Waals surface area contributed by atoms with E-state index < -0.39 is 10.0 Å². The molecule has 1 aliphatic rings. The molecule has 1 saturated carbocycles. The number of nitrogens with two attached hydrogens (primary N) is 1. The van der Waals surface area contributed by atoms with Crippen LogP contribution in [-0.2, 0) is 16.6 Å². The van der Waals surface area contributed by atoms with Crippen molar-refractivity contribution in [2.75, 3.05) is 24.2 Å². The first kappa shape index (κ1) is 28.0. The number of sulfonamides is 1. The number of pyridine rings is 1. The number of methoxy groups -OCH3 is 1. The second-order valence-electron chi connectivity index (χ2n) is 9.84. The number of anilines is 2. The number of benzene rings is 2. The van der Waals surface area contributed by atoms with Crippen LogP contribution in [0.3, 0.4) is 0 Å². The number of fused-ring (bicyclic) bond motifs is 1. The van der Waals surface area contributed by atoms with Crippen molar-refractivity contribution in [3.63, 3.8) is 0 Å². The van der Waals surface area contributed by atoms with Gasteiger partial charge in [-0.15, -0.1) is 0 Å². The SMILES string of the molecule is CNCc1cc(-c2ccc(NS(=O)(=O)c3ccccc3Cl)nc2OC)cc2cnc(NC3CCC(N)CC3)nc12. The molecule has 0 bridgehead atoms. The summed E-state index contributed by atoms with van der Waals surface area (Å²) in [6, 6.07) is 14.2. The second-order valence-corrected chi connectivity index (χ2v) is 11.9. The number of nitrogens with one attached hydrogen (secondary N) is 3. The van der Waals surface area contributed by atoms with E-state index in [1.165, 1.54) is 19.2 Å². The first-order chi connectivity index (χ1) is 19.3. The molecule has 210 valence electrons. The van der Waals surface area contributed by atoms with Gasteiger partial charge in [-0.2, -0.15) is 4.98 Å². The molecule has 0 amide bonds. The average Bonchev–Trinajstić information content (AvgIpc) is 2.94. The topological polar surface area (TPSA) is 144 Å². The summed E-state index contributed by atoms with van der Waals surface area (Å²) >= 11 is 6.10. The zero-order chi connectivity index (χ0) is 28.3. The van der Waals surface area contributed by atoms with Crippen LogP contribution in [0.5, 0.6) is 5.88 Å². The molecule has 4 aromatic rings. The third-order valence-corrected chi connectivity index (χ3v) is 8.82. The quantitative estimate of drug-likeness (QED) is 0.223. The summed E-state index contributed by atoms with van der Waals surface area (Å²) in [6.45, 7) is 0.588. The first-order valence-corrected chi connectivity index (χ1v) is 14.9. The standard InChI is InChI=1S/C28H32ClN7O3S/c1-31-15-18-13-17(14-19-16-32-28(35-26(18)19)33-21-9-7-20(30)8-10-21)22-11-12-25(34-27(22)39-2)36-40(37,38)24-6-4-3-5-23(24)29/h3-6,11-14,16,20-21,31H,7-10,15,30H2,1-2H3,(H,34,36)(H,32,33,35). The molecule has 0 spiro atoms. The van der Waals surface area contributed by atoms with E-state index in [-0.39, 0.29) is 27.7 Å². The van der Waals surface area contributed by atoms with E-state index in [1.807, 2.05) is 25.4 Å². The van der Waals surface area contributed by atoms with Crippen molar-refractivity contribution in [3.8, 4) is 17.0 Å². The van der Waals surface area contributed by atoms with E-state index in [0.717, 1.165) is 47.7 Å². The van der Waals surface area contributed by atoms with Crippen LogP contribution >= 0.6 is 11.6 Å². The second kappa shape index (κ2) is 11.9. The van der Waals surface area contributed by atoms with E-state index in [0.29, 0.717) is 24.1 Å². The van der Waals surface area contributed by atoms with Crippen molar-refractivity contribution >= 4 is 44.3 Å². The molecule has 0 aliphatic heterocycles. The lowest BCUT2D eigenvalue weighted by Gasteiger charge is -2.26. The van der Waals surface area contributed by atoms with Crippen molar-refractivity contribution in [2.45, 2.75) is 49.2 Å². The number of hydrogen-bond donors (Lipinski definition) is 4. The Morgan fingerprint density at radius 3 is 2.58 bits per heavy atom. The molecule has 12 heteroatoms. The van der Waals surface area contributed by atoms with Gasteiger partial charge in [-0.3, -0.25) is 4.72 Å². The Hall–Kier alpha value is -3.51. The fraction of sp³-hybridized carbons (Fsp3) is 0.321. The third-order valence-electron chi connectivity index (χ3n) is 6.96. The number of nitrogens with zero attached hydrogens (tertiary/aromatic N) is 3. The predicted octanol–water partition coefficient (Wildman–Crippen LogP) is 4.56. The van der Waals surface area contributed by atoms with E-state index in [4.69, 9.17) is 27.1 Å². The van der Waals surface area contributed by atoms with E-state index >= 15 is 0 Å². The first-order valence-electron chi connectivity index (χ1n) is 13.1. The number of ether oxygens (including phenoxy) is 1. The zero-order valence-electron chi connectivity index (χ0n) is 22.3. The van der Waals surface area contributed by atoms with Crippen LogP contribution < -0.4 is 25.8 Å². The maximum atomic E-state index is 12.9. The van der Waals surface area contributed by atoms with Gasteiger partial charge in [-0.05, 0) is 80.3 Å². The molecule has 1 fully saturated rings. The zero-order valence-corrected chi connectivity index (χ0v) is 23.9. The molecule has 2 aromatic carbocycles. The van der Waals surface area contributed by atoms with E-state index in [9.17, 15) is 8.42 Å². The van der Waals surface area contributed by atoms with Crippen molar-refractivity contribution in [3.05, 3.63) is 65.3 Å². The molecule has 40 heavy (non-hydrogen) atoms. The molecule has 10 nitrogen and oxygen atoms in total. The maximum Gasteiger partial charge on any atom is 0.264 e. The van der Waals surface area contributed by atoms with Crippen LogP contribution in [0.25, 0.3) is 22.0 Å². The third kappa shape index (κ3) is 6.12. The molecule has 5 rings (SSSR count). The van der Waals surface area contributed by atoms with Gasteiger partial charge < -0.3 is 21.1 Å². The predicted molar refractivity (Wildman–Crippen MR) is 158 cm³/mol. The minimum absolute atomic E-state index is 0.0336. The van der Waals surface area contributed by atoms with Crippen LogP contribution in [0.1, 0.15) is 31.2 Å². The molecule has 0 radical (unpaired) electrons. The van der Waals surface area contributed by atoms with Gasteiger partial charge >= 0.3 is 0 Å². The summed E-state index contributed by atoms with van der Waals surface area (Å²) in [5, 5.41) is 7.68. The van der Waals surface area contributed by atoms with E-state index in [1.54, 1.807) is 24.3 Å². The molecule has 0 saturated heterocycles. The minimum atomic E-state index is -3.94. The normalized spacial score (nSPS) is 17.5. The van der Waals surface area contributed by atoms with Crippen molar-refractivity contribution in [1.29, 1.82) is 0 Å². The Bertz CT molecular complexity index is 1630. The molecule has 1 aliphatic carbocycles. The van der Waals surface area contributed by atoms with Gasteiger partial charge in [0.15, 0.2) is 0 Å². The highest BCUT2D eigenvalue weighted by molar-refractivity contribution is 7.92. The summed E-state index contributed by atoms with van der Waals surface area (Å²) in [5.41, 5.74) is 9.42. The fourth-order valence-electron chi connectivity index (χ4n) is 4.94. The van der Waals surface area contributed by atoms with Crippen molar-refractivity contribution in [2.24, 2.45) is 5.73 Å². The van der Waals surface area contributed by atoms with Crippen molar-refractivity contribution < 1.29 is 13.2 Å². The van der Waals surface area contributed by atoms with Gasteiger partial charge in [0.05, 0.1) is 17.6 Å². The smallest absolute Gasteiger partial charge is 0.264 e. The Morgan fingerprint density at radius 1 is 1.07 bits per heavy atom. The number of aromatic nitrogens is 3. The molecule has 5 N–H and O–H groups in total. The number of hydrogen-bond acceptors (Lipinski definition) is 9. The fourth-order valence-corrected chi connectivity index (χ4v) is 6.47. The molecule has 0 unspecified atom stereocenters. The molecular formula is C28H32ClN7O3S. The monoisotopic (exact) mass is 581 g/mol. The number of halogens is 1. The molecule has 2 aromatic heterocycles. The Labute approximate surface area is 238 Å². The molecule has 0 atom stereocenters. The van der Waals surface area contributed by atoms with Gasteiger partial charge in [0, 0.05) is 35.8 Å². The van der Waals surface area contributed by atoms with Crippen LogP contribution in [-0.4, -0.2) is 49.6 Å². The lowest BCUT2D eigenvalue weighted by atomic mass is 9.92. The Kier molecular flexibility index (Phi) is 8.36. The van der Waals surface area contributed by atoms with Gasteiger partial charge in [0.25, 0.3) is 10.0 Å². The van der Waals surface area contributed by atoms with Crippen LogP contribution in [0.2, 0.25) is 5.02 Å². The molecule has 2 heterocycles. The van der Waals surface area contributed by atoms with E-state index in [2.05, 4.69) is 25.3 Å². The summed E-state index contributed by atoms with van der Waals surface area (Å²) in [5.74, 6) is 0.982. The van der Waals surface area contributed by atoms with Gasteiger partial charge in [0.1, 0.15) is 10.7 Å². The van der Waals surface area contributed by atoms with Crippen LogP contribution in [0.15, 0.2) is 59.6 Å². The molecular weight excluding hydrogens is 550 g/mol. The number of rotatable bonds is 9. The lowest BCUT2D eigenvalue weighted by molar-refractivity contribution is 0.400. The Balaban J connectivity index is 1.46. The van der Waals surface area contributed by atoms with Gasteiger partial charge in [0.2, 0.25) is 11.8 Å². The Morgan fingerprint density at radius 2 is 1.85 bits per heavy atom.